The fourth-order valence-electron chi connectivity index (χ4n) is 4.30. The molecule has 0 amide bonds. The summed E-state index contributed by atoms with van der Waals surface area (Å²) in [6.07, 6.45) is 0. The maximum Gasteiger partial charge on any atom is 0.336 e. The fraction of sp³-hybridized carbons (Fsp3) is 0.120. The van der Waals surface area contributed by atoms with Crippen molar-refractivity contribution in [3.05, 3.63) is 99.4 Å². The Hall–Kier alpha value is -3.57. The summed E-state index contributed by atoms with van der Waals surface area (Å²) < 4.78 is 11.2. The Bertz CT molecular complexity index is 1310. The van der Waals surface area contributed by atoms with E-state index in [1.54, 1.807) is 31.2 Å². The van der Waals surface area contributed by atoms with E-state index in [0.29, 0.717) is 44.6 Å². The minimum Gasteiger partial charge on any atom is -0.466 e. The van der Waals surface area contributed by atoms with E-state index >= 15 is 0 Å². The smallest absolute Gasteiger partial charge is 0.336 e. The SMILES string of the molecule is COC(=O)C1=C(C)NC2=C(C(=O)c3ccccc32)[C@@H]1c1ccc(-c2cccc(Cl)c2)o1. The molecule has 1 aromatic heterocycles. The molecule has 1 aliphatic heterocycles. The van der Waals surface area contributed by atoms with Gasteiger partial charge in [0.1, 0.15) is 11.5 Å². The molecule has 154 valence electrons. The molecule has 0 spiro atoms. The van der Waals surface area contributed by atoms with Gasteiger partial charge in [0, 0.05) is 33.0 Å². The number of fused-ring (bicyclic) bond motifs is 2. The van der Waals surface area contributed by atoms with Crippen LogP contribution in [0.2, 0.25) is 5.02 Å². The first-order valence-electron chi connectivity index (χ1n) is 9.79. The standard InChI is InChI=1S/C25H18ClNO4/c1-13-20(25(29)30-2)21(19-11-10-18(31-19)14-6-5-7-15(26)12-14)22-23(27-13)16-8-3-4-9-17(16)24(22)28/h3-12,21,27H,1-2H3/t21-/m1/s1. The molecule has 0 saturated heterocycles. The van der Waals surface area contributed by atoms with Gasteiger partial charge in [-0.3, -0.25) is 4.79 Å². The summed E-state index contributed by atoms with van der Waals surface area (Å²) in [4.78, 5) is 26.1. The monoisotopic (exact) mass is 431 g/mol. The number of nitrogens with one attached hydrogen (secondary N) is 1. The first-order chi connectivity index (χ1) is 15.0. The summed E-state index contributed by atoms with van der Waals surface area (Å²) in [5.74, 6) is -0.229. The summed E-state index contributed by atoms with van der Waals surface area (Å²) in [5.41, 5.74) is 4.40. The van der Waals surface area contributed by atoms with E-state index in [9.17, 15) is 9.59 Å². The number of carbonyl (C=O) groups excluding carboxylic acids is 2. The van der Waals surface area contributed by atoms with Crippen LogP contribution in [-0.4, -0.2) is 18.9 Å². The van der Waals surface area contributed by atoms with Gasteiger partial charge in [0.05, 0.1) is 24.3 Å². The molecule has 5 nitrogen and oxygen atoms in total. The lowest BCUT2D eigenvalue weighted by Gasteiger charge is -2.27. The number of Topliss-reactive ketones (excluding diaryl/α,β-unsaturated/α-hetero) is 1. The molecule has 5 rings (SSSR count). The van der Waals surface area contributed by atoms with Crippen molar-refractivity contribution in [2.45, 2.75) is 12.8 Å². The van der Waals surface area contributed by atoms with Crippen LogP contribution in [0.3, 0.4) is 0 Å². The predicted octanol–water partition coefficient (Wildman–Crippen LogP) is 5.34. The molecule has 3 aromatic rings. The molecule has 0 unspecified atom stereocenters. The summed E-state index contributed by atoms with van der Waals surface area (Å²) in [6, 6.07) is 18.3. The fourth-order valence-corrected chi connectivity index (χ4v) is 4.49. The zero-order valence-electron chi connectivity index (χ0n) is 16.9. The number of hydrogen-bond acceptors (Lipinski definition) is 5. The van der Waals surface area contributed by atoms with Crippen molar-refractivity contribution in [2.75, 3.05) is 7.11 Å². The van der Waals surface area contributed by atoms with Crippen molar-refractivity contribution in [3.8, 4) is 11.3 Å². The Balaban J connectivity index is 1.68. The predicted molar refractivity (Wildman–Crippen MR) is 117 cm³/mol. The summed E-state index contributed by atoms with van der Waals surface area (Å²) in [7, 11) is 1.33. The molecule has 0 radical (unpaired) electrons. The minimum absolute atomic E-state index is 0.127. The molecule has 0 saturated carbocycles. The van der Waals surface area contributed by atoms with Gasteiger partial charge < -0.3 is 14.5 Å². The molecule has 2 heterocycles. The molecule has 0 bridgehead atoms. The van der Waals surface area contributed by atoms with Gasteiger partial charge in [-0.25, -0.2) is 4.79 Å². The molecular weight excluding hydrogens is 414 g/mol. The first-order valence-corrected chi connectivity index (χ1v) is 10.2. The van der Waals surface area contributed by atoms with Gasteiger partial charge >= 0.3 is 5.97 Å². The number of allylic oxidation sites excluding steroid dienone is 2. The second kappa shape index (κ2) is 7.29. The number of benzene rings is 2. The second-order valence-electron chi connectivity index (χ2n) is 7.46. The van der Waals surface area contributed by atoms with Gasteiger partial charge in [-0.05, 0) is 31.2 Å². The van der Waals surface area contributed by atoms with Crippen molar-refractivity contribution >= 4 is 29.1 Å². The van der Waals surface area contributed by atoms with Crippen LogP contribution in [0.4, 0.5) is 0 Å². The average molecular weight is 432 g/mol. The third-order valence-corrected chi connectivity index (χ3v) is 5.91. The molecule has 1 aliphatic carbocycles. The highest BCUT2D eigenvalue weighted by Gasteiger charge is 2.44. The van der Waals surface area contributed by atoms with Gasteiger partial charge in [0.15, 0.2) is 5.78 Å². The highest BCUT2D eigenvalue weighted by molar-refractivity contribution is 6.30. The Morgan fingerprint density at radius 1 is 1.06 bits per heavy atom. The van der Waals surface area contributed by atoms with E-state index in [0.717, 1.165) is 11.1 Å². The average Bonchev–Trinajstić information content (AvgIpc) is 3.37. The number of furan rings is 1. The Morgan fingerprint density at radius 3 is 2.58 bits per heavy atom. The zero-order valence-corrected chi connectivity index (χ0v) is 17.6. The summed E-state index contributed by atoms with van der Waals surface area (Å²) in [6.45, 7) is 1.80. The van der Waals surface area contributed by atoms with Crippen molar-refractivity contribution in [1.82, 2.24) is 5.32 Å². The molecule has 2 aliphatic rings. The largest absolute Gasteiger partial charge is 0.466 e. The number of ether oxygens (including phenoxy) is 1. The summed E-state index contributed by atoms with van der Waals surface area (Å²) in [5, 5.41) is 3.85. The van der Waals surface area contributed by atoms with Crippen molar-refractivity contribution in [2.24, 2.45) is 0 Å². The lowest BCUT2D eigenvalue weighted by atomic mass is 9.83. The maximum absolute atomic E-state index is 13.4. The van der Waals surface area contributed by atoms with Gasteiger partial charge in [0.25, 0.3) is 0 Å². The summed E-state index contributed by atoms with van der Waals surface area (Å²) >= 11 is 6.13. The van der Waals surface area contributed by atoms with Crippen molar-refractivity contribution in [3.63, 3.8) is 0 Å². The van der Waals surface area contributed by atoms with E-state index in [1.165, 1.54) is 7.11 Å². The van der Waals surface area contributed by atoms with Gasteiger partial charge in [-0.15, -0.1) is 0 Å². The maximum atomic E-state index is 13.4. The number of rotatable bonds is 3. The number of ketones is 1. The number of dihydropyridines is 1. The van der Waals surface area contributed by atoms with Gasteiger partial charge in [0.2, 0.25) is 0 Å². The van der Waals surface area contributed by atoms with Gasteiger partial charge in [-0.2, -0.15) is 0 Å². The number of carbonyl (C=O) groups is 2. The van der Waals surface area contributed by atoms with Crippen LogP contribution in [-0.2, 0) is 9.53 Å². The third-order valence-electron chi connectivity index (χ3n) is 5.67. The number of methoxy groups -OCH3 is 1. The van der Waals surface area contributed by atoms with E-state index in [2.05, 4.69) is 5.32 Å². The first kappa shape index (κ1) is 19.4. The Kier molecular flexibility index (Phi) is 4.56. The van der Waals surface area contributed by atoms with E-state index in [4.69, 9.17) is 20.8 Å². The normalized spacial score (nSPS) is 17.4. The van der Waals surface area contributed by atoms with Gasteiger partial charge in [-0.1, -0.05) is 48.0 Å². The quantitative estimate of drug-likeness (QED) is 0.567. The van der Waals surface area contributed by atoms with Crippen LogP contribution in [0.5, 0.6) is 0 Å². The number of esters is 1. The lowest BCUT2D eigenvalue weighted by molar-refractivity contribution is -0.136. The molecule has 6 heteroatoms. The topological polar surface area (TPSA) is 68.5 Å². The molecule has 1 atom stereocenters. The zero-order chi connectivity index (χ0) is 21.7. The van der Waals surface area contributed by atoms with E-state index in [1.807, 2.05) is 36.4 Å². The van der Waals surface area contributed by atoms with Crippen molar-refractivity contribution < 1.29 is 18.7 Å². The minimum atomic E-state index is -0.684. The molecule has 31 heavy (non-hydrogen) atoms. The van der Waals surface area contributed by atoms with E-state index in [-0.39, 0.29) is 5.78 Å². The molecule has 0 fully saturated rings. The number of hydrogen-bond donors (Lipinski definition) is 1. The second-order valence-corrected chi connectivity index (χ2v) is 7.90. The van der Waals surface area contributed by atoms with Crippen LogP contribution in [0.25, 0.3) is 17.0 Å². The molecular formula is C25H18ClNO4. The van der Waals surface area contributed by atoms with Crippen LogP contribution in [0, 0.1) is 0 Å². The van der Waals surface area contributed by atoms with Crippen LogP contribution >= 0.6 is 11.6 Å². The number of halogens is 1. The van der Waals surface area contributed by atoms with Crippen molar-refractivity contribution in [1.29, 1.82) is 0 Å². The Labute approximate surface area is 184 Å². The van der Waals surface area contributed by atoms with Crippen LogP contribution < -0.4 is 5.32 Å². The highest BCUT2D eigenvalue weighted by atomic mass is 35.5. The van der Waals surface area contributed by atoms with Crippen LogP contribution in [0.1, 0.15) is 34.5 Å². The highest BCUT2D eigenvalue weighted by Crippen LogP contribution is 2.47. The lowest BCUT2D eigenvalue weighted by Crippen LogP contribution is -2.28. The third kappa shape index (κ3) is 3.01. The van der Waals surface area contributed by atoms with E-state index < -0.39 is 11.9 Å². The van der Waals surface area contributed by atoms with Crippen LogP contribution in [0.15, 0.2) is 81.9 Å². The molecule has 1 N–H and O–H groups in total. The Morgan fingerprint density at radius 2 is 1.84 bits per heavy atom. The molecule has 2 aromatic carbocycles.